The Morgan fingerprint density at radius 3 is 2.11 bits per heavy atom. The van der Waals surface area contributed by atoms with Gasteiger partial charge in [0.25, 0.3) is 0 Å². The molecule has 0 amide bonds. The van der Waals surface area contributed by atoms with Crippen LogP contribution in [0.1, 0.15) is 49.7 Å². The van der Waals surface area contributed by atoms with Gasteiger partial charge in [0.05, 0.1) is 0 Å². The van der Waals surface area contributed by atoms with Gasteiger partial charge in [-0.1, -0.05) is 39.7 Å². The molecule has 102 valence electrons. The van der Waals surface area contributed by atoms with Gasteiger partial charge in [-0.05, 0) is 78.9 Å². The van der Waals surface area contributed by atoms with Gasteiger partial charge in [0.1, 0.15) is 0 Å². The second-order valence-corrected chi connectivity index (χ2v) is 8.11. The summed E-state index contributed by atoms with van der Waals surface area (Å²) in [4.78, 5) is 0. The van der Waals surface area contributed by atoms with Gasteiger partial charge < -0.3 is 0 Å². The van der Waals surface area contributed by atoms with E-state index in [1.165, 1.54) is 49.7 Å². The largest absolute Gasteiger partial charge is 0.0876 e. The van der Waals surface area contributed by atoms with E-state index in [1.54, 1.807) is 0 Å². The lowest BCUT2D eigenvalue weighted by Crippen LogP contribution is -2.48. The molecular formula is C17H20BrCl. The monoisotopic (exact) mass is 338 g/mol. The van der Waals surface area contributed by atoms with Gasteiger partial charge in [-0.2, -0.15) is 0 Å². The lowest BCUT2D eigenvalue weighted by atomic mass is 9.48. The van der Waals surface area contributed by atoms with Gasteiger partial charge in [-0.3, -0.25) is 0 Å². The summed E-state index contributed by atoms with van der Waals surface area (Å²) in [6.45, 7) is 0. The molecular weight excluding hydrogens is 320 g/mol. The predicted octanol–water partition coefficient (Wildman–Crippen LogP) is 5.70. The van der Waals surface area contributed by atoms with Crippen LogP contribution in [0.4, 0.5) is 0 Å². The molecule has 4 aliphatic carbocycles. The Balaban J connectivity index is 1.73. The van der Waals surface area contributed by atoms with Gasteiger partial charge in [-0.25, -0.2) is 0 Å². The van der Waals surface area contributed by atoms with Gasteiger partial charge in [0.2, 0.25) is 0 Å². The van der Waals surface area contributed by atoms with Crippen LogP contribution in [0, 0.1) is 17.8 Å². The Morgan fingerprint density at radius 2 is 1.63 bits per heavy atom. The maximum absolute atomic E-state index is 6.44. The maximum atomic E-state index is 6.44. The number of alkyl halides is 1. The topological polar surface area (TPSA) is 0 Å². The van der Waals surface area contributed by atoms with E-state index in [0.717, 1.165) is 28.1 Å². The maximum Gasteiger partial charge on any atom is 0.0449 e. The zero-order valence-corrected chi connectivity index (χ0v) is 13.5. The fourth-order valence-corrected chi connectivity index (χ4v) is 6.35. The van der Waals surface area contributed by atoms with E-state index < -0.39 is 0 Å². The van der Waals surface area contributed by atoms with Crippen molar-refractivity contribution in [3.05, 3.63) is 34.3 Å². The van der Waals surface area contributed by atoms with E-state index in [2.05, 4.69) is 34.1 Å². The van der Waals surface area contributed by atoms with Crippen LogP contribution >= 0.6 is 27.5 Å². The zero-order valence-electron chi connectivity index (χ0n) is 11.2. The molecule has 0 saturated heterocycles. The van der Waals surface area contributed by atoms with E-state index in [0.29, 0.717) is 5.41 Å². The quantitative estimate of drug-likeness (QED) is 0.606. The third kappa shape index (κ3) is 2.00. The van der Waals surface area contributed by atoms with E-state index in [4.69, 9.17) is 11.6 Å². The summed E-state index contributed by atoms with van der Waals surface area (Å²) in [5.74, 6) is 3.00. The van der Waals surface area contributed by atoms with Crippen LogP contribution in [-0.2, 0) is 10.7 Å². The van der Waals surface area contributed by atoms with Crippen molar-refractivity contribution >= 4 is 27.5 Å². The SMILES string of the molecule is Clc1cc(C23CC4CC(CC(C4)C2)C3)ccc1CBr. The fourth-order valence-electron chi connectivity index (χ4n) is 5.45. The number of rotatable bonds is 2. The van der Waals surface area contributed by atoms with E-state index in [9.17, 15) is 0 Å². The number of halogens is 2. The summed E-state index contributed by atoms with van der Waals surface area (Å²) >= 11 is 9.95. The molecule has 4 saturated carbocycles. The molecule has 4 bridgehead atoms. The summed E-state index contributed by atoms with van der Waals surface area (Å²) in [5.41, 5.74) is 3.22. The molecule has 0 radical (unpaired) electrons. The second-order valence-electron chi connectivity index (χ2n) is 7.14. The standard InChI is InChI=1S/C17H20BrCl/c18-10-14-1-2-15(6-16(14)19)17-7-11-3-12(8-17)5-13(4-11)9-17/h1-2,6,11-13H,3-5,7-10H2. The molecule has 0 heterocycles. The summed E-state index contributed by atoms with van der Waals surface area (Å²) in [5, 5.41) is 1.80. The summed E-state index contributed by atoms with van der Waals surface area (Å²) in [6, 6.07) is 6.85. The van der Waals surface area contributed by atoms with Crippen molar-refractivity contribution in [2.45, 2.75) is 49.3 Å². The highest BCUT2D eigenvalue weighted by atomic mass is 79.9. The Hall–Kier alpha value is -0.0100. The van der Waals surface area contributed by atoms with Crippen LogP contribution in [0.2, 0.25) is 5.02 Å². The molecule has 1 aromatic carbocycles. The Kier molecular flexibility index (Phi) is 3.01. The normalized spacial score (nSPS) is 39.8. The molecule has 4 aliphatic rings. The van der Waals surface area contributed by atoms with Gasteiger partial charge in [-0.15, -0.1) is 0 Å². The van der Waals surface area contributed by atoms with E-state index >= 15 is 0 Å². The fraction of sp³-hybridized carbons (Fsp3) is 0.647. The van der Waals surface area contributed by atoms with Crippen LogP contribution in [0.15, 0.2) is 18.2 Å². The Bertz CT molecular complexity index is 473. The van der Waals surface area contributed by atoms with Crippen molar-refractivity contribution in [1.82, 2.24) is 0 Å². The molecule has 4 fully saturated rings. The van der Waals surface area contributed by atoms with E-state index in [1.807, 2.05) is 0 Å². The minimum atomic E-state index is 0.475. The lowest BCUT2D eigenvalue weighted by molar-refractivity contribution is -0.00518. The smallest absolute Gasteiger partial charge is 0.0449 e. The molecule has 0 unspecified atom stereocenters. The highest BCUT2D eigenvalue weighted by molar-refractivity contribution is 9.08. The molecule has 1 aromatic rings. The highest BCUT2D eigenvalue weighted by Crippen LogP contribution is 2.60. The molecule has 0 atom stereocenters. The molecule has 0 nitrogen and oxygen atoms in total. The lowest BCUT2D eigenvalue weighted by Gasteiger charge is -2.57. The molecule has 0 aromatic heterocycles. The van der Waals surface area contributed by atoms with Crippen LogP contribution in [0.3, 0.4) is 0 Å². The molecule has 19 heavy (non-hydrogen) atoms. The Morgan fingerprint density at radius 1 is 1.05 bits per heavy atom. The Labute approximate surface area is 129 Å². The average molecular weight is 340 g/mol. The van der Waals surface area contributed by atoms with Gasteiger partial charge in [0, 0.05) is 10.4 Å². The first-order valence-electron chi connectivity index (χ1n) is 7.53. The first-order valence-corrected chi connectivity index (χ1v) is 9.03. The third-order valence-corrected chi connectivity index (χ3v) is 6.80. The minimum absolute atomic E-state index is 0.475. The first kappa shape index (κ1) is 12.7. The number of hydrogen-bond donors (Lipinski definition) is 0. The predicted molar refractivity (Wildman–Crippen MR) is 83.9 cm³/mol. The van der Waals surface area contributed by atoms with Crippen LogP contribution in [0.5, 0.6) is 0 Å². The van der Waals surface area contributed by atoms with Gasteiger partial charge in [0.15, 0.2) is 0 Å². The minimum Gasteiger partial charge on any atom is -0.0876 e. The van der Waals surface area contributed by atoms with Crippen LogP contribution < -0.4 is 0 Å². The average Bonchev–Trinajstić information content (AvgIpc) is 2.37. The number of hydrogen-bond acceptors (Lipinski definition) is 0. The highest BCUT2D eigenvalue weighted by Gasteiger charge is 2.51. The summed E-state index contributed by atoms with van der Waals surface area (Å²) in [6.07, 6.45) is 8.78. The number of benzene rings is 1. The third-order valence-electron chi connectivity index (χ3n) is 5.85. The second kappa shape index (κ2) is 4.49. The van der Waals surface area contributed by atoms with Crippen molar-refractivity contribution in [3.8, 4) is 0 Å². The molecule has 0 aliphatic heterocycles. The molecule has 0 spiro atoms. The van der Waals surface area contributed by atoms with Crippen LogP contribution in [0.25, 0.3) is 0 Å². The molecule has 5 rings (SSSR count). The molecule has 2 heteroatoms. The first-order chi connectivity index (χ1) is 9.18. The zero-order chi connectivity index (χ0) is 13.0. The van der Waals surface area contributed by atoms with Crippen molar-refractivity contribution in [2.24, 2.45) is 17.8 Å². The van der Waals surface area contributed by atoms with Crippen LogP contribution in [-0.4, -0.2) is 0 Å². The van der Waals surface area contributed by atoms with Crippen molar-refractivity contribution in [3.63, 3.8) is 0 Å². The molecule has 0 N–H and O–H groups in total. The summed E-state index contributed by atoms with van der Waals surface area (Å²) < 4.78 is 0. The van der Waals surface area contributed by atoms with E-state index in [-0.39, 0.29) is 0 Å². The van der Waals surface area contributed by atoms with Crippen molar-refractivity contribution in [2.75, 3.05) is 0 Å². The van der Waals surface area contributed by atoms with Gasteiger partial charge >= 0.3 is 0 Å². The van der Waals surface area contributed by atoms with Crippen molar-refractivity contribution in [1.29, 1.82) is 0 Å². The summed E-state index contributed by atoms with van der Waals surface area (Å²) in [7, 11) is 0. The van der Waals surface area contributed by atoms with Crippen molar-refractivity contribution < 1.29 is 0 Å².